The van der Waals surface area contributed by atoms with Crippen molar-refractivity contribution in [3.63, 3.8) is 0 Å². The number of nitrogens with zero attached hydrogens (tertiary/aromatic N) is 2. The first-order valence-electron chi connectivity index (χ1n) is 4.11. The minimum absolute atomic E-state index is 0. The first-order valence-corrected chi connectivity index (χ1v) is 4.11. The number of hydrogen-bond acceptors (Lipinski definition) is 3. The van der Waals surface area contributed by atoms with Gasteiger partial charge in [0.1, 0.15) is 0 Å². The molecule has 0 bridgehead atoms. The fourth-order valence-corrected chi connectivity index (χ4v) is 1.27. The summed E-state index contributed by atoms with van der Waals surface area (Å²) in [5, 5.41) is 0. The van der Waals surface area contributed by atoms with Crippen LogP contribution in [-0.2, 0) is 23.3 Å². The maximum atomic E-state index is 4.77. The quantitative estimate of drug-likeness (QED) is 0.609. The Labute approximate surface area is 86.9 Å². The van der Waals surface area contributed by atoms with E-state index in [0.717, 1.165) is 13.2 Å². The number of ether oxygens (including phenoxy) is 1. The second kappa shape index (κ2) is 6.92. The summed E-state index contributed by atoms with van der Waals surface area (Å²) in [5.74, 6) is 0. The Kier molecular flexibility index (Phi) is 7.19. The van der Waals surface area contributed by atoms with Crippen LogP contribution in [-0.4, -0.2) is 56.2 Å². The van der Waals surface area contributed by atoms with Crippen LogP contribution in [0.2, 0.25) is 0 Å². The van der Waals surface area contributed by atoms with Crippen molar-refractivity contribution in [2.24, 2.45) is 0 Å². The Morgan fingerprint density at radius 3 is 2.33 bits per heavy atom. The molecule has 4 heteroatoms. The van der Waals surface area contributed by atoms with Gasteiger partial charge in [-0.3, -0.25) is 4.90 Å². The molecule has 0 aromatic carbocycles. The zero-order valence-electron chi connectivity index (χ0n) is 7.70. The topological polar surface area (TPSA) is 15.7 Å². The van der Waals surface area contributed by atoms with Gasteiger partial charge in [0.2, 0.25) is 0 Å². The summed E-state index contributed by atoms with van der Waals surface area (Å²) in [6.45, 7) is 6.47. The van der Waals surface area contributed by atoms with Crippen molar-refractivity contribution >= 4 is 0 Å². The van der Waals surface area contributed by atoms with Gasteiger partial charge in [0.15, 0.2) is 0 Å². The third kappa shape index (κ3) is 4.48. The molecule has 1 rings (SSSR count). The van der Waals surface area contributed by atoms with Crippen LogP contribution < -0.4 is 0 Å². The van der Waals surface area contributed by atoms with Crippen LogP contribution in [0.4, 0.5) is 0 Å². The van der Waals surface area contributed by atoms with Crippen LogP contribution in [0, 0.1) is 7.11 Å². The van der Waals surface area contributed by atoms with Crippen LogP contribution in [0.5, 0.6) is 0 Å². The molecule has 0 saturated carbocycles. The minimum Gasteiger partial charge on any atom is -0.554 e. The molecule has 3 nitrogen and oxygen atoms in total. The molecule has 0 amide bonds. The zero-order valence-corrected chi connectivity index (χ0v) is 9.10. The third-order valence-electron chi connectivity index (χ3n) is 2.15. The maximum Gasteiger partial charge on any atom is 0.0241 e. The van der Waals surface area contributed by atoms with Crippen molar-refractivity contribution in [2.45, 2.75) is 0 Å². The summed E-state index contributed by atoms with van der Waals surface area (Å²) in [4.78, 5) is 4.76. The number of likely N-dealkylation sites (N-methyl/N-ethyl adjacent to an activating group) is 1. The number of hydrogen-bond donors (Lipinski definition) is 0. The van der Waals surface area contributed by atoms with E-state index < -0.39 is 0 Å². The molecule has 0 unspecified atom stereocenters. The number of rotatable bonds is 3. The van der Waals surface area contributed by atoms with E-state index in [1.807, 2.05) is 0 Å². The van der Waals surface area contributed by atoms with E-state index in [9.17, 15) is 0 Å². The first kappa shape index (κ1) is 12.5. The normalized spacial score (nSPS) is 20.5. The Morgan fingerprint density at radius 2 is 1.83 bits per heavy atom. The van der Waals surface area contributed by atoms with E-state index in [4.69, 9.17) is 4.74 Å². The van der Waals surface area contributed by atoms with Crippen LogP contribution in [0.1, 0.15) is 0 Å². The maximum absolute atomic E-state index is 4.77. The average molecular weight is 208 g/mol. The Hall–Kier alpha value is 0.464. The molecule has 1 fully saturated rings. The largest absolute Gasteiger partial charge is 0.554 e. The monoisotopic (exact) mass is 208 g/mol. The van der Waals surface area contributed by atoms with Crippen LogP contribution >= 0.6 is 0 Å². The van der Waals surface area contributed by atoms with Crippen molar-refractivity contribution in [1.29, 1.82) is 0 Å². The Morgan fingerprint density at radius 1 is 1.25 bits per heavy atom. The molecule has 1 aliphatic heterocycles. The Balaban J connectivity index is 0.00000121. The molecule has 1 aliphatic rings. The molecule has 0 atom stereocenters. The van der Waals surface area contributed by atoms with Gasteiger partial charge >= 0.3 is 0 Å². The van der Waals surface area contributed by atoms with Crippen molar-refractivity contribution in [3.05, 3.63) is 7.11 Å². The molecule has 0 N–H and O–H groups in total. The van der Waals surface area contributed by atoms with Gasteiger partial charge in [-0.1, -0.05) is 0 Å². The molecule has 0 aromatic rings. The summed E-state index contributed by atoms with van der Waals surface area (Å²) < 4.78 is 4.77. The van der Waals surface area contributed by atoms with Crippen LogP contribution in [0.25, 0.3) is 0 Å². The standard InChI is InChI=1S/C8H17N2O.V/c1-9-3-5-10(6-4-9)7-8-11-2;/h2-8H2,1H3;/q-1;. The molecule has 71 valence electrons. The summed E-state index contributed by atoms with van der Waals surface area (Å²) in [7, 11) is 5.51. The second-order valence-corrected chi connectivity index (χ2v) is 3.05. The van der Waals surface area contributed by atoms with E-state index >= 15 is 0 Å². The van der Waals surface area contributed by atoms with Crippen LogP contribution in [0.15, 0.2) is 0 Å². The molecule has 0 spiro atoms. The van der Waals surface area contributed by atoms with Gasteiger partial charge in [0.25, 0.3) is 0 Å². The summed E-state index contributed by atoms with van der Waals surface area (Å²) in [6, 6.07) is 0. The smallest absolute Gasteiger partial charge is 0.0241 e. The van der Waals surface area contributed by atoms with Crippen molar-refractivity contribution < 1.29 is 23.3 Å². The fraction of sp³-hybridized carbons (Fsp3) is 0.875. The molecule has 12 heavy (non-hydrogen) atoms. The zero-order chi connectivity index (χ0) is 8.10. The fourth-order valence-electron chi connectivity index (χ4n) is 1.27. The van der Waals surface area contributed by atoms with Gasteiger partial charge in [0.05, 0.1) is 0 Å². The average Bonchev–Trinajstić information content (AvgIpc) is 2.04. The van der Waals surface area contributed by atoms with E-state index in [2.05, 4.69) is 24.0 Å². The van der Waals surface area contributed by atoms with E-state index in [1.54, 1.807) is 0 Å². The summed E-state index contributed by atoms with van der Waals surface area (Å²) in [5.41, 5.74) is 0. The molecular weight excluding hydrogens is 191 g/mol. The first-order chi connectivity index (χ1) is 5.33. The Bertz CT molecular complexity index is 102. The van der Waals surface area contributed by atoms with Gasteiger partial charge in [-0.25, -0.2) is 7.11 Å². The summed E-state index contributed by atoms with van der Waals surface area (Å²) in [6.07, 6.45) is 0. The van der Waals surface area contributed by atoms with Gasteiger partial charge in [-0.15, -0.1) is 0 Å². The molecule has 1 heterocycles. The molecule has 1 saturated heterocycles. The van der Waals surface area contributed by atoms with Gasteiger partial charge in [-0.05, 0) is 7.05 Å². The molecule has 0 aliphatic carbocycles. The van der Waals surface area contributed by atoms with Crippen molar-refractivity contribution in [1.82, 2.24) is 9.80 Å². The molecular formula is C8H17N2OV-. The minimum atomic E-state index is 0. The van der Waals surface area contributed by atoms with Crippen LogP contribution in [0.3, 0.4) is 0 Å². The number of piperazine rings is 1. The predicted octanol–water partition coefficient (Wildman–Crippen LogP) is 0.0395. The summed E-state index contributed by atoms with van der Waals surface area (Å²) >= 11 is 0. The van der Waals surface area contributed by atoms with Gasteiger partial charge in [-0.2, -0.15) is 0 Å². The predicted molar refractivity (Wildman–Crippen MR) is 45.2 cm³/mol. The van der Waals surface area contributed by atoms with Crippen molar-refractivity contribution in [2.75, 3.05) is 46.4 Å². The third-order valence-corrected chi connectivity index (χ3v) is 2.15. The van der Waals surface area contributed by atoms with E-state index in [1.165, 1.54) is 26.2 Å². The van der Waals surface area contributed by atoms with E-state index in [0.29, 0.717) is 0 Å². The van der Waals surface area contributed by atoms with Crippen molar-refractivity contribution in [3.8, 4) is 0 Å². The SMILES string of the molecule is [CH2-]OCCN1CCN(C)CC1.[V]. The van der Waals surface area contributed by atoms with Gasteiger partial charge < -0.3 is 9.64 Å². The van der Waals surface area contributed by atoms with Gasteiger partial charge in [0, 0.05) is 57.9 Å². The molecule has 1 radical (unpaired) electrons. The van der Waals surface area contributed by atoms with E-state index in [-0.39, 0.29) is 18.6 Å². The second-order valence-electron chi connectivity index (χ2n) is 3.05. The molecule has 0 aromatic heterocycles.